The number of hydrogen-bond donors (Lipinski definition) is 0. The Morgan fingerprint density at radius 3 is 2.50 bits per heavy atom. The Labute approximate surface area is 98.4 Å². The number of nitriles is 1. The van der Waals surface area contributed by atoms with Crippen LogP contribution in [0.5, 0.6) is 0 Å². The number of ketones is 1. The van der Waals surface area contributed by atoms with Crippen LogP contribution in [0.2, 0.25) is 0 Å². The summed E-state index contributed by atoms with van der Waals surface area (Å²) >= 11 is 0. The molecule has 0 atom stereocenters. The van der Waals surface area contributed by atoms with E-state index in [1.807, 2.05) is 13.8 Å². The third kappa shape index (κ3) is 3.94. The third-order valence-corrected chi connectivity index (χ3v) is 3.53. The van der Waals surface area contributed by atoms with Gasteiger partial charge in [0.25, 0.3) is 0 Å². The molecule has 0 aromatic carbocycles. The fourth-order valence-corrected chi connectivity index (χ4v) is 2.06. The number of nitrogens with zero attached hydrogens (tertiary/aromatic N) is 2. The lowest BCUT2D eigenvalue weighted by atomic mass is 9.89. The molecule has 0 aromatic rings. The van der Waals surface area contributed by atoms with Crippen LogP contribution in [-0.2, 0) is 4.79 Å². The topological polar surface area (TPSA) is 44.1 Å². The fourth-order valence-electron chi connectivity index (χ4n) is 2.06. The summed E-state index contributed by atoms with van der Waals surface area (Å²) in [6.07, 6.45) is 4.34. The fraction of sp³-hybridized carbons (Fsp3) is 0.846. The minimum Gasteiger partial charge on any atom is -0.303 e. The molecule has 1 rings (SSSR count). The van der Waals surface area contributed by atoms with E-state index in [-0.39, 0.29) is 5.41 Å². The lowest BCUT2D eigenvalue weighted by molar-refractivity contribution is -0.121. The SMILES string of the molecule is CN(CCC(C)(C)C#N)C1CCC(=O)CC1. The molecule has 0 unspecified atom stereocenters. The summed E-state index contributed by atoms with van der Waals surface area (Å²) in [5, 5.41) is 8.94. The van der Waals surface area contributed by atoms with E-state index in [1.54, 1.807) is 0 Å². The molecule has 0 bridgehead atoms. The Morgan fingerprint density at radius 2 is 2.00 bits per heavy atom. The highest BCUT2D eigenvalue weighted by atomic mass is 16.1. The summed E-state index contributed by atoms with van der Waals surface area (Å²) in [6.45, 7) is 4.90. The van der Waals surface area contributed by atoms with Crippen molar-refractivity contribution in [1.29, 1.82) is 5.26 Å². The summed E-state index contributed by atoms with van der Waals surface area (Å²) in [5.41, 5.74) is -0.237. The van der Waals surface area contributed by atoms with E-state index in [4.69, 9.17) is 5.26 Å². The van der Waals surface area contributed by atoms with Crippen molar-refractivity contribution in [1.82, 2.24) is 4.90 Å². The van der Waals surface area contributed by atoms with Gasteiger partial charge in [-0.25, -0.2) is 0 Å². The Bertz CT molecular complexity index is 281. The second kappa shape index (κ2) is 5.45. The lowest BCUT2D eigenvalue weighted by Crippen LogP contribution is -2.37. The highest BCUT2D eigenvalue weighted by molar-refractivity contribution is 5.79. The Kier molecular flexibility index (Phi) is 4.49. The molecule has 0 amide bonds. The molecule has 0 aliphatic heterocycles. The third-order valence-electron chi connectivity index (χ3n) is 3.53. The van der Waals surface area contributed by atoms with Crippen LogP contribution in [0.25, 0.3) is 0 Å². The van der Waals surface area contributed by atoms with Gasteiger partial charge in [0.05, 0.1) is 11.5 Å². The van der Waals surface area contributed by atoms with Crippen LogP contribution in [0.1, 0.15) is 46.0 Å². The number of carbonyl (C=O) groups is 1. The predicted octanol–water partition coefficient (Wildman–Crippen LogP) is 2.37. The van der Waals surface area contributed by atoms with Crippen LogP contribution in [0.3, 0.4) is 0 Å². The number of carbonyl (C=O) groups excluding carboxylic acids is 1. The van der Waals surface area contributed by atoms with E-state index >= 15 is 0 Å². The first kappa shape index (κ1) is 13.2. The minimum absolute atomic E-state index is 0.237. The van der Waals surface area contributed by atoms with E-state index in [2.05, 4.69) is 18.0 Å². The first-order valence-electron chi connectivity index (χ1n) is 6.08. The molecule has 1 fully saturated rings. The van der Waals surface area contributed by atoms with Crippen LogP contribution >= 0.6 is 0 Å². The van der Waals surface area contributed by atoms with Gasteiger partial charge in [-0.2, -0.15) is 5.26 Å². The zero-order chi connectivity index (χ0) is 12.2. The quantitative estimate of drug-likeness (QED) is 0.733. The standard InChI is InChI=1S/C13H22N2O/c1-13(2,10-14)8-9-15(3)11-4-6-12(16)7-5-11/h11H,4-9H2,1-3H3. The van der Waals surface area contributed by atoms with Gasteiger partial charge in [0, 0.05) is 18.9 Å². The van der Waals surface area contributed by atoms with Gasteiger partial charge in [0.15, 0.2) is 0 Å². The normalized spacial score (nSPS) is 18.8. The van der Waals surface area contributed by atoms with E-state index < -0.39 is 0 Å². The molecule has 0 heterocycles. The average molecular weight is 222 g/mol. The van der Waals surface area contributed by atoms with Gasteiger partial charge in [0.2, 0.25) is 0 Å². The summed E-state index contributed by atoms with van der Waals surface area (Å²) in [5.74, 6) is 0.405. The monoisotopic (exact) mass is 222 g/mol. The summed E-state index contributed by atoms with van der Waals surface area (Å²) < 4.78 is 0. The molecule has 0 radical (unpaired) electrons. The summed E-state index contributed by atoms with van der Waals surface area (Å²) in [4.78, 5) is 13.4. The van der Waals surface area contributed by atoms with Crippen LogP contribution in [0.15, 0.2) is 0 Å². The second-order valence-corrected chi connectivity index (χ2v) is 5.50. The van der Waals surface area contributed by atoms with Gasteiger partial charge in [0.1, 0.15) is 5.78 Å². The Morgan fingerprint density at radius 1 is 1.44 bits per heavy atom. The van der Waals surface area contributed by atoms with Crippen LogP contribution in [-0.4, -0.2) is 30.3 Å². The molecule has 3 nitrogen and oxygen atoms in total. The average Bonchev–Trinajstić information content (AvgIpc) is 2.27. The highest BCUT2D eigenvalue weighted by Gasteiger charge is 2.24. The first-order chi connectivity index (χ1) is 7.44. The van der Waals surface area contributed by atoms with Crippen molar-refractivity contribution in [2.75, 3.05) is 13.6 Å². The van der Waals surface area contributed by atoms with Crippen molar-refractivity contribution >= 4 is 5.78 Å². The molecular weight excluding hydrogens is 200 g/mol. The molecule has 0 spiro atoms. The maximum Gasteiger partial charge on any atom is 0.133 e. The molecule has 3 heteroatoms. The van der Waals surface area contributed by atoms with E-state index in [0.717, 1.165) is 38.6 Å². The smallest absolute Gasteiger partial charge is 0.133 e. The van der Waals surface area contributed by atoms with Crippen molar-refractivity contribution in [2.45, 2.75) is 52.0 Å². The van der Waals surface area contributed by atoms with Gasteiger partial charge in [-0.3, -0.25) is 4.79 Å². The van der Waals surface area contributed by atoms with Crippen LogP contribution in [0.4, 0.5) is 0 Å². The van der Waals surface area contributed by atoms with Gasteiger partial charge < -0.3 is 4.90 Å². The molecule has 90 valence electrons. The van der Waals surface area contributed by atoms with Crippen molar-refractivity contribution < 1.29 is 4.79 Å². The minimum atomic E-state index is -0.237. The number of Topliss-reactive ketones (excluding diaryl/α,β-unsaturated/α-hetero) is 1. The maximum absolute atomic E-state index is 11.1. The molecule has 16 heavy (non-hydrogen) atoms. The highest BCUT2D eigenvalue weighted by Crippen LogP contribution is 2.23. The second-order valence-electron chi connectivity index (χ2n) is 5.50. The Balaban J connectivity index is 2.33. The van der Waals surface area contributed by atoms with E-state index in [0.29, 0.717) is 11.8 Å². The van der Waals surface area contributed by atoms with Gasteiger partial charge in [-0.1, -0.05) is 0 Å². The summed E-state index contributed by atoms with van der Waals surface area (Å²) in [7, 11) is 2.11. The molecule has 0 N–H and O–H groups in total. The largest absolute Gasteiger partial charge is 0.303 e. The molecular formula is C13H22N2O. The molecule has 0 saturated heterocycles. The molecule has 1 aliphatic carbocycles. The predicted molar refractivity (Wildman–Crippen MR) is 63.9 cm³/mol. The van der Waals surface area contributed by atoms with E-state index in [1.165, 1.54) is 0 Å². The van der Waals surface area contributed by atoms with Crippen molar-refractivity contribution in [3.8, 4) is 6.07 Å². The van der Waals surface area contributed by atoms with Crippen molar-refractivity contribution in [3.05, 3.63) is 0 Å². The Hall–Kier alpha value is -0.880. The molecule has 0 aromatic heterocycles. The first-order valence-corrected chi connectivity index (χ1v) is 6.08. The summed E-state index contributed by atoms with van der Waals surface area (Å²) in [6, 6.07) is 2.86. The van der Waals surface area contributed by atoms with Crippen molar-refractivity contribution in [2.24, 2.45) is 5.41 Å². The zero-order valence-corrected chi connectivity index (χ0v) is 10.6. The zero-order valence-electron chi connectivity index (χ0n) is 10.6. The molecule has 1 saturated carbocycles. The van der Waals surface area contributed by atoms with Crippen LogP contribution in [0, 0.1) is 16.7 Å². The van der Waals surface area contributed by atoms with Gasteiger partial charge >= 0.3 is 0 Å². The van der Waals surface area contributed by atoms with Crippen molar-refractivity contribution in [3.63, 3.8) is 0 Å². The molecule has 1 aliphatic rings. The lowest BCUT2D eigenvalue weighted by Gasteiger charge is -2.32. The van der Waals surface area contributed by atoms with E-state index in [9.17, 15) is 4.79 Å². The maximum atomic E-state index is 11.1. The van der Waals surface area contributed by atoms with Gasteiger partial charge in [-0.05, 0) is 46.7 Å². The van der Waals surface area contributed by atoms with Crippen LogP contribution < -0.4 is 0 Å². The number of hydrogen-bond acceptors (Lipinski definition) is 3. The number of rotatable bonds is 4. The van der Waals surface area contributed by atoms with Gasteiger partial charge in [-0.15, -0.1) is 0 Å².